The number of hydrogen-bond acceptors (Lipinski definition) is 3. The SMILES string of the molecule is CNC(=O)N[C@@H](CC(C)C)C(=O)OC(C)(C)C. The van der Waals surface area contributed by atoms with Crippen LogP contribution in [0.15, 0.2) is 0 Å². The van der Waals surface area contributed by atoms with E-state index in [1.165, 1.54) is 7.05 Å². The number of nitrogens with one attached hydrogen (secondary N) is 2. The molecule has 0 rings (SSSR count). The zero-order valence-corrected chi connectivity index (χ0v) is 11.6. The van der Waals surface area contributed by atoms with Gasteiger partial charge in [0, 0.05) is 7.05 Å². The summed E-state index contributed by atoms with van der Waals surface area (Å²) in [5.41, 5.74) is -0.545. The Kier molecular flexibility index (Phi) is 5.99. The van der Waals surface area contributed by atoms with Gasteiger partial charge in [0.15, 0.2) is 0 Å². The third kappa shape index (κ3) is 7.60. The lowest BCUT2D eigenvalue weighted by Gasteiger charge is -2.25. The maximum Gasteiger partial charge on any atom is 0.329 e. The minimum Gasteiger partial charge on any atom is -0.458 e. The molecule has 0 fully saturated rings. The zero-order chi connectivity index (χ0) is 13.6. The third-order valence-electron chi connectivity index (χ3n) is 1.93. The quantitative estimate of drug-likeness (QED) is 0.739. The van der Waals surface area contributed by atoms with E-state index >= 15 is 0 Å². The number of esters is 1. The van der Waals surface area contributed by atoms with Crippen molar-refractivity contribution in [3.8, 4) is 0 Å². The van der Waals surface area contributed by atoms with Crippen molar-refractivity contribution in [1.82, 2.24) is 10.6 Å². The van der Waals surface area contributed by atoms with Crippen LogP contribution in [0.2, 0.25) is 0 Å². The van der Waals surface area contributed by atoms with Crippen molar-refractivity contribution in [2.75, 3.05) is 7.05 Å². The highest BCUT2D eigenvalue weighted by Gasteiger charge is 2.26. The lowest BCUT2D eigenvalue weighted by Crippen LogP contribution is -2.47. The van der Waals surface area contributed by atoms with Crippen molar-refractivity contribution in [1.29, 1.82) is 0 Å². The van der Waals surface area contributed by atoms with E-state index in [4.69, 9.17) is 4.74 Å². The topological polar surface area (TPSA) is 67.4 Å². The van der Waals surface area contributed by atoms with E-state index in [9.17, 15) is 9.59 Å². The van der Waals surface area contributed by atoms with Gasteiger partial charge >= 0.3 is 12.0 Å². The van der Waals surface area contributed by atoms with Gasteiger partial charge in [-0.25, -0.2) is 9.59 Å². The fourth-order valence-corrected chi connectivity index (χ4v) is 1.29. The second-order valence-electron chi connectivity index (χ2n) is 5.44. The smallest absolute Gasteiger partial charge is 0.329 e. The van der Waals surface area contributed by atoms with Gasteiger partial charge in [0.05, 0.1) is 0 Å². The lowest BCUT2D eigenvalue weighted by atomic mass is 10.0. The molecule has 0 aliphatic carbocycles. The van der Waals surface area contributed by atoms with Gasteiger partial charge in [-0.2, -0.15) is 0 Å². The van der Waals surface area contributed by atoms with E-state index in [1.807, 2.05) is 13.8 Å². The van der Waals surface area contributed by atoms with Crippen molar-refractivity contribution in [3.05, 3.63) is 0 Å². The summed E-state index contributed by atoms with van der Waals surface area (Å²) in [6.45, 7) is 9.39. The molecule has 5 heteroatoms. The molecule has 0 aromatic carbocycles. The van der Waals surface area contributed by atoms with Crippen LogP contribution in [0.4, 0.5) is 4.79 Å². The molecule has 0 spiro atoms. The molecule has 0 aromatic heterocycles. The van der Waals surface area contributed by atoms with Crippen LogP contribution in [0.1, 0.15) is 41.0 Å². The normalized spacial score (nSPS) is 13.1. The van der Waals surface area contributed by atoms with Crippen LogP contribution in [-0.4, -0.2) is 30.7 Å². The molecule has 0 aliphatic rings. The molecule has 0 aliphatic heterocycles. The fourth-order valence-electron chi connectivity index (χ4n) is 1.29. The van der Waals surface area contributed by atoms with Crippen molar-refractivity contribution < 1.29 is 14.3 Å². The van der Waals surface area contributed by atoms with Gasteiger partial charge in [-0.3, -0.25) is 0 Å². The summed E-state index contributed by atoms with van der Waals surface area (Å²) in [5, 5.41) is 5.02. The van der Waals surface area contributed by atoms with Crippen LogP contribution in [0.5, 0.6) is 0 Å². The predicted octanol–water partition coefficient (Wildman–Crippen LogP) is 1.67. The van der Waals surface area contributed by atoms with Gasteiger partial charge in [-0.05, 0) is 33.1 Å². The van der Waals surface area contributed by atoms with Gasteiger partial charge in [0.1, 0.15) is 11.6 Å². The molecule has 0 unspecified atom stereocenters. The van der Waals surface area contributed by atoms with Crippen LogP contribution >= 0.6 is 0 Å². The molecule has 2 amide bonds. The fraction of sp³-hybridized carbons (Fsp3) is 0.833. The van der Waals surface area contributed by atoms with E-state index < -0.39 is 17.6 Å². The van der Waals surface area contributed by atoms with Gasteiger partial charge in [0.25, 0.3) is 0 Å². The molecule has 0 saturated heterocycles. The molecule has 0 heterocycles. The zero-order valence-electron chi connectivity index (χ0n) is 11.6. The van der Waals surface area contributed by atoms with Crippen LogP contribution in [0, 0.1) is 5.92 Å². The molecular weight excluding hydrogens is 220 g/mol. The molecule has 0 saturated carbocycles. The third-order valence-corrected chi connectivity index (χ3v) is 1.93. The van der Waals surface area contributed by atoms with Gasteiger partial charge < -0.3 is 15.4 Å². The largest absolute Gasteiger partial charge is 0.458 e. The Labute approximate surface area is 103 Å². The van der Waals surface area contributed by atoms with Crippen molar-refractivity contribution in [3.63, 3.8) is 0 Å². The van der Waals surface area contributed by atoms with E-state index in [2.05, 4.69) is 10.6 Å². The molecular formula is C12H24N2O3. The van der Waals surface area contributed by atoms with Crippen molar-refractivity contribution in [2.45, 2.75) is 52.7 Å². The molecule has 2 N–H and O–H groups in total. The number of carbonyl (C=O) groups is 2. The number of urea groups is 1. The number of carbonyl (C=O) groups excluding carboxylic acids is 2. The highest BCUT2D eigenvalue weighted by molar-refractivity contribution is 5.83. The Bertz CT molecular complexity index is 269. The first-order valence-corrected chi connectivity index (χ1v) is 5.87. The molecule has 0 bridgehead atoms. The maximum absolute atomic E-state index is 11.9. The number of hydrogen-bond donors (Lipinski definition) is 2. The first-order valence-electron chi connectivity index (χ1n) is 5.87. The summed E-state index contributed by atoms with van der Waals surface area (Å²) in [7, 11) is 1.51. The highest BCUT2D eigenvalue weighted by Crippen LogP contribution is 2.12. The Morgan fingerprint density at radius 1 is 1.24 bits per heavy atom. The van der Waals surface area contributed by atoms with E-state index in [0.29, 0.717) is 12.3 Å². The van der Waals surface area contributed by atoms with Gasteiger partial charge in [-0.1, -0.05) is 13.8 Å². The minimum absolute atomic E-state index is 0.296. The average Bonchev–Trinajstić information content (AvgIpc) is 2.13. The predicted molar refractivity (Wildman–Crippen MR) is 66.7 cm³/mol. The first-order chi connectivity index (χ1) is 7.65. The number of rotatable bonds is 4. The Balaban J connectivity index is 4.56. The van der Waals surface area contributed by atoms with Crippen LogP contribution < -0.4 is 10.6 Å². The molecule has 0 aromatic rings. The van der Waals surface area contributed by atoms with Crippen LogP contribution in [-0.2, 0) is 9.53 Å². The van der Waals surface area contributed by atoms with Crippen LogP contribution in [0.25, 0.3) is 0 Å². The lowest BCUT2D eigenvalue weighted by molar-refractivity contribution is -0.157. The van der Waals surface area contributed by atoms with Gasteiger partial charge in [-0.15, -0.1) is 0 Å². The first kappa shape index (κ1) is 15.7. The average molecular weight is 244 g/mol. The Morgan fingerprint density at radius 3 is 2.12 bits per heavy atom. The van der Waals surface area contributed by atoms with E-state index in [0.717, 1.165) is 0 Å². The minimum atomic E-state index is -0.603. The summed E-state index contributed by atoms with van der Waals surface area (Å²) in [5.74, 6) is -0.0977. The standard InChI is InChI=1S/C12H24N2O3/c1-8(2)7-9(14-11(16)13-6)10(15)17-12(3,4)5/h8-9H,7H2,1-6H3,(H2,13,14,16)/t9-/m0/s1. The number of amides is 2. The monoisotopic (exact) mass is 244 g/mol. The Hall–Kier alpha value is -1.26. The molecule has 0 radical (unpaired) electrons. The summed E-state index contributed by atoms with van der Waals surface area (Å²) >= 11 is 0. The van der Waals surface area contributed by atoms with Gasteiger partial charge in [0.2, 0.25) is 0 Å². The summed E-state index contributed by atoms with van der Waals surface area (Å²) in [4.78, 5) is 23.1. The van der Waals surface area contributed by atoms with E-state index in [-0.39, 0.29) is 6.03 Å². The van der Waals surface area contributed by atoms with Crippen molar-refractivity contribution in [2.24, 2.45) is 5.92 Å². The van der Waals surface area contributed by atoms with Crippen LogP contribution in [0.3, 0.4) is 0 Å². The molecule has 17 heavy (non-hydrogen) atoms. The van der Waals surface area contributed by atoms with E-state index in [1.54, 1.807) is 20.8 Å². The Morgan fingerprint density at radius 2 is 1.76 bits per heavy atom. The molecule has 5 nitrogen and oxygen atoms in total. The summed E-state index contributed by atoms with van der Waals surface area (Å²) in [6.07, 6.45) is 0.558. The summed E-state index contributed by atoms with van der Waals surface area (Å²) < 4.78 is 5.26. The number of ether oxygens (including phenoxy) is 1. The molecule has 1 atom stereocenters. The van der Waals surface area contributed by atoms with Crippen molar-refractivity contribution >= 4 is 12.0 Å². The maximum atomic E-state index is 11.9. The highest BCUT2D eigenvalue weighted by atomic mass is 16.6. The summed E-state index contributed by atoms with van der Waals surface area (Å²) in [6, 6.07) is -0.976. The molecule has 100 valence electrons. The second kappa shape index (κ2) is 6.47. The second-order valence-corrected chi connectivity index (χ2v) is 5.44.